The second kappa shape index (κ2) is 7.21. The standard InChI is InChI=1S/C11H22O3/c1-3-6-10(12-2)9-14-11-7-4-5-8-13-11/h10-11H,3-9H2,1-2H3. The predicted octanol–water partition coefficient (Wildman–Crippen LogP) is 2.34. The summed E-state index contributed by atoms with van der Waals surface area (Å²) in [7, 11) is 1.74. The maximum atomic E-state index is 5.64. The molecular weight excluding hydrogens is 180 g/mol. The maximum absolute atomic E-state index is 5.64. The first-order chi connectivity index (χ1) is 6.86. The first kappa shape index (κ1) is 12.0. The van der Waals surface area contributed by atoms with Crippen LogP contribution >= 0.6 is 0 Å². The number of rotatable bonds is 6. The van der Waals surface area contributed by atoms with Crippen LogP contribution in [0.5, 0.6) is 0 Å². The monoisotopic (exact) mass is 202 g/mol. The zero-order valence-corrected chi connectivity index (χ0v) is 9.33. The quantitative estimate of drug-likeness (QED) is 0.661. The largest absolute Gasteiger partial charge is 0.379 e. The van der Waals surface area contributed by atoms with E-state index in [2.05, 4.69) is 6.92 Å². The van der Waals surface area contributed by atoms with Gasteiger partial charge in [0.15, 0.2) is 6.29 Å². The highest BCUT2D eigenvalue weighted by Gasteiger charge is 2.16. The van der Waals surface area contributed by atoms with Crippen molar-refractivity contribution in [2.45, 2.75) is 51.4 Å². The minimum Gasteiger partial charge on any atom is -0.379 e. The van der Waals surface area contributed by atoms with Crippen LogP contribution in [0.3, 0.4) is 0 Å². The van der Waals surface area contributed by atoms with Crippen LogP contribution < -0.4 is 0 Å². The van der Waals surface area contributed by atoms with Gasteiger partial charge in [0.25, 0.3) is 0 Å². The molecule has 0 N–H and O–H groups in total. The molecule has 0 saturated carbocycles. The summed E-state index contributed by atoms with van der Waals surface area (Å²) >= 11 is 0. The van der Waals surface area contributed by atoms with Gasteiger partial charge in [-0.1, -0.05) is 13.3 Å². The van der Waals surface area contributed by atoms with Gasteiger partial charge in [0, 0.05) is 13.7 Å². The molecule has 1 rings (SSSR count). The molecule has 3 nitrogen and oxygen atoms in total. The van der Waals surface area contributed by atoms with Crippen molar-refractivity contribution in [3.05, 3.63) is 0 Å². The third kappa shape index (κ3) is 4.40. The number of ether oxygens (including phenoxy) is 3. The Morgan fingerprint density at radius 1 is 1.43 bits per heavy atom. The number of hydrogen-bond donors (Lipinski definition) is 0. The molecule has 1 aliphatic heterocycles. The van der Waals surface area contributed by atoms with Crippen LogP contribution in [0.25, 0.3) is 0 Å². The minimum atomic E-state index is 0.0123. The summed E-state index contributed by atoms with van der Waals surface area (Å²) in [6.45, 7) is 3.66. The van der Waals surface area contributed by atoms with Gasteiger partial charge in [-0.15, -0.1) is 0 Å². The molecule has 0 bridgehead atoms. The van der Waals surface area contributed by atoms with Gasteiger partial charge in [-0.2, -0.15) is 0 Å². The summed E-state index contributed by atoms with van der Waals surface area (Å²) in [6, 6.07) is 0. The van der Waals surface area contributed by atoms with E-state index in [1.165, 1.54) is 12.8 Å². The molecule has 0 aromatic carbocycles. The van der Waals surface area contributed by atoms with Crippen LogP contribution in [0.4, 0.5) is 0 Å². The van der Waals surface area contributed by atoms with E-state index >= 15 is 0 Å². The molecule has 0 radical (unpaired) electrons. The fraction of sp³-hybridized carbons (Fsp3) is 1.00. The van der Waals surface area contributed by atoms with Gasteiger partial charge in [-0.05, 0) is 25.7 Å². The van der Waals surface area contributed by atoms with Crippen LogP contribution in [-0.2, 0) is 14.2 Å². The Kier molecular flexibility index (Phi) is 6.15. The molecular formula is C11H22O3. The molecule has 0 aromatic rings. The fourth-order valence-electron chi connectivity index (χ4n) is 1.65. The molecule has 2 atom stereocenters. The Hall–Kier alpha value is -0.120. The summed E-state index contributed by atoms with van der Waals surface area (Å²) in [5.74, 6) is 0. The van der Waals surface area contributed by atoms with Crippen molar-refractivity contribution in [2.24, 2.45) is 0 Å². The third-order valence-electron chi connectivity index (χ3n) is 2.55. The highest BCUT2D eigenvalue weighted by molar-refractivity contribution is 4.58. The molecule has 3 heteroatoms. The van der Waals surface area contributed by atoms with Crippen LogP contribution in [-0.4, -0.2) is 32.7 Å². The summed E-state index contributed by atoms with van der Waals surface area (Å²) in [5, 5.41) is 0. The van der Waals surface area contributed by atoms with E-state index in [1.807, 2.05) is 0 Å². The summed E-state index contributed by atoms with van der Waals surface area (Å²) in [4.78, 5) is 0. The topological polar surface area (TPSA) is 27.7 Å². The molecule has 0 spiro atoms. The molecule has 0 aliphatic carbocycles. The molecule has 1 aliphatic rings. The Morgan fingerprint density at radius 3 is 2.86 bits per heavy atom. The first-order valence-corrected chi connectivity index (χ1v) is 5.62. The molecule has 84 valence electrons. The lowest BCUT2D eigenvalue weighted by Gasteiger charge is -2.24. The van der Waals surface area contributed by atoms with E-state index in [4.69, 9.17) is 14.2 Å². The van der Waals surface area contributed by atoms with Crippen molar-refractivity contribution in [1.29, 1.82) is 0 Å². The van der Waals surface area contributed by atoms with Crippen LogP contribution in [0.15, 0.2) is 0 Å². The van der Waals surface area contributed by atoms with Crippen LogP contribution in [0, 0.1) is 0 Å². The molecule has 0 amide bonds. The van der Waals surface area contributed by atoms with Crippen molar-refractivity contribution >= 4 is 0 Å². The lowest BCUT2D eigenvalue weighted by Crippen LogP contribution is -2.27. The Balaban J connectivity index is 2.10. The van der Waals surface area contributed by atoms with Gasteiger partial charge in [0.2, 0.25) is 0 Å². The highest BCUT2D eigenvalue weighted by atomic mass is 16.7. The van der Waals surface area contributed by atoms with E-state index in [0.717, 1.165) is 25.9 Å². The number of hydrogen-bond acceptors (Lipinski definition) is 3. The zero-order valence-electron chi connectivity index (χ0n) is 9.33. The van der Waals surface area contributed by atoms with Gasteiger partial charge in [-0.25, -0.2) is 0 Å². The van der Waals surface area contributed by atoms with E-state index in [0.29, 0.717) is 6.61 Å². The van der Waals surface area contributed by atoms with Gasteiger partial charge >= 0.3 is 0 Å². The highest BCUT2D eigenvalue weighted by Crippen LogP contribution is 2.14. The van der Waals surface area contributed by atoms with E-state index < -0.39 is 0 Å². The van der Waals surface area contributed by atoms with Crippen molar-refractivity contribution in [1.82, 2.24) is 0 Å². The maximum Gasteiger partial charge on any atom is 0.157 e. The van der Waals surface area contributed by atoms with Crippen molar-refractivity contribution in [2.75, 3.05) is 20.3 Å². The van der Waals surface area contributed by atoms with Gasteiger partial charge in [0.05, 0.1) is 12.7 Å². The fourth-order valence-corrected chi connectivity index (χ4v) is 1.65. The zero-order chi connectivity index (χ0) is 10.2. The summed E-state index contributed by atoms with van der Waals surface area (Å²) in [5.41, 5.74) is 0. The van der Waals surface area contributed by atoms with Gasteiger partial charge in [-0.3, -0.25) is 0 Å². The van der Waals surface area contributed by atoms with E-state index in [1.54, 1.807) is 7.11 Å². The first-order valence-electron chi connectivity index (χ1n) is 5.62. The summed E-state index contributed by atoms with van der Waals surface area (Å²) in [6.07, 6.45) is 5.85. The third-order valence-corrected chi connectivity index (χ3v) is 2.55. The average molecular weight is 202 g/mol. The van der Waals surface area contributed by atoms with E-state index in [9.17, 15) is 0 Å². The van der Waals surface area contributed by atoms with Gasteiger partial charge < -0.3 is 14.2 Å². The predicted molar refractivity (Wildman–Crippen MR) is 55.2 cm³/mol. The second-order valence-electron chi connectivity index (χ2n) is 3.78. The number of methoxy groups -OCH3 is 1. The Morgan fingerprint density at radius 2 is 2.29 bits per heavy atom. The SMILES string of the molecule is CCCC(COC1CCCCO1)OC. The lowest BCUT2D eigenvalue weighted by atomic mass is 10.2. The molecule has 1 fully saturated rings. The summed E-state index contributed by atoms with van der Waals surface area (Å²) < 4.78 is 16.4. The molecule has 0 aromatic heterocycles. The van der Waals surface area contributed by atoms with Crippen LogP contribution in [0.1, 0.15) is 39.0 Å². The van der Waals surface area contributed by atoms with Crippen molar-refractivity contribution < 1.29 is 14.2 Å². The minimum absolute atomic E-state index is 0.0123. The Labute approximate surface area is 86.7 Å². The van der Waals surface area contributed by atoms with Gasteiger partial charge in [0.1, 0.15) is 0 Å². The second-order valence-corrected chi connectivity index (χ2v) is 3.78. The smallest absolute Gasteiger partial charge is 0.157 e. The van der Waals surface area contributed by atoms with Crippen molar-refractivity contribution in [3.63, 3.8) is 0 Å². The normalized spacial score (nSPS) is 24.9. The van der Waals surface area contributed by atoms with Crippen LogP contribution in [0.2, 0.25) is 0 Å². The molecule has 1 heterocycles. The molecule has 2 unspecified atom stereocenters. The molecule has 1 saturated heterocycles. The van der Waals surface area contributed by atoms with Crippen molar-refractivity contribution in [3.8, 4) is 0 Å². The van der Waals surface area contributed by atoms with E-state index in [-0.39, 0.29) is 12.4 Å². The Bertz CT molecular complexity index is 128. The average Bonchev–Trinajstić information content (AvgIpc) is 2.25. The molecule has 14 heavy (non-hydrogen) atoms. The lowest BCUT2D eigenvalue weighted by molar-refractivity contribution is -0.177.